The predicted molar refractivity (Wildman–Crippen MR) is 107 cm³/mol. The van der Waals surface area contributed by atoms with Crippen LogP contribution in [-0.4, -0.2) is 34.3 Å². The molecule has 1 aliphatic heterocycles. The summed E-state index contributed by atoms with van der Waals surface area (Å²) in [6, 6.07) is 9.70. The fraction of sp³-hybridized carbons (Fsp3) is 0.476. The molecule has 1 aromatic heterocycles. The lowest BCUT2D eigenvalue weighted by Gasteiger charge is -2.31. The molecule has 1 aromatic carbocycles. The molecule has 154 valence electrons. The molecule has 2 heterocycles. The number of fused-ring (bicyclic) bond motifs is 1. The van der Waals surface area contributed by atoms with Crippen molar-refractivity contribution in [2.45, 2.75) is 50.7 Å². The highest BCUT2D eigenvalue weighted by Crippen LogP contribution is 2.26. The summed E-state index contributed by atoms with van der Waals surface area (Å²) >= 11 is 0. The normalized spacial score (nSPS) is 23.6. The number of halogens is 1. The zero-order valence-corrected chi connectivity index (χ0v) is 16.2. The number of hydrogen-bond acceptors (Lipinski definition) is 5. The second kappa shape index (κ2) is 8.84. The van der Waals surface area contributed by atoms with E-state index >= 15 is 0 Å². The summed E-state index contributed by atoms with van der Waals surface area (Å²) in [6.07, 6.45) is 3.96. The first-order valence-corrected chi connectivity index (χ1v) is 10.2. The first kappa shape index (κ1) is 19.7. The number of carbonyl (C=O) groups excluding carboxylic acids is 1. The van der Waals surface area contributed by atoms with Crippen LogP contribution in [0.2, 0.25) is 0 Å². The molecule has 1 aliphatic carbocycles. The van der Waals surface area contributed by atoms with Gasteiger partial charge in [-0.15, -0.1) is 0 Å². The molecule has 0 spiro atoms. The van der Waals surface area contributed by atoms with Gasteiger partial charge in [-0.05, 0) is 61.9 Å². The van der Waals surface area contributed by atoms with Crippen molar-refractivity contribution < 1.29 is 9.18 Å². The van der Waals surface area contributed by atoms with Gasteiger partial charge in [0.05, 0.1) is 5.69 Å². The van der Waals surface area contributed by atoms with Crippen LogP contribution in [0.15, 0.2) is 41.2 Å². The molecule has 1 saturated carbocycles. The highest BCUT2D eigenvalue weighted by atomic mass is 19.1. The summed E-state index contributed by atoms with van der Waals surface area (Å²) < 4.78 is 14.5. The maximum absolute atomic E-state index is 13.1. The van der Waals surface area contributed by atoms with Gasteiger partial charge in [-0.2, -0.15) is 5.10 Å². The Kier molecular flexibility index (Phi) is 6.01. The van der Waals surface area contributed by atoms with Gasteiger partial charge in [-0.3, -0.25) is 20.4 Å². The second-order valence-electron chi connectivity index (χ2n) is 7.86. The molecule has 4 rings (SSSR count). The Morgan fingerprint density at radius 2 is 2.03 bits per heavy atom. The van der Waals surface area contributed by atoms with Crippen molar-refractivity contribution in [3.63, 3.8) is 0 Å². The van der Waals surface area contributed by atoms with Crippen LogP contribution in [0.3, 0.4) is 0 Å². The Morgan fingerprint density at radius 3 is 2.86 bits per heavy atom. The van der Waals surface area contributed by atoms with E-state index < -0.39 is 0 Å². The number of nitrogens with zero attached hydrogens (tertiary/aromatic N) is 2. The van der Waals surface area contributed by atoms with Crippen LogP contribution < -0.4 is 21.7 Å². The number of hydrazine groups is 1. The molecule has 1 saturated heterocycles. The molecule has 2 aliphatic rings. The maximum Gasteiger partial charge on any atom is 0.266 e. The molecular weight excluding hydrogens is 373 g/mol. The van der Waals surface area contributed by atoms with Crippen LogP contribution >= 0.6 is 0 Å². The van der Waals surface area contributed by atoms with E-state index in [1.165, 1.54) is 22.9 Å². The van der Waals surface area contributed by atoms with Crippen molar-refractivity contribution in [1.82, 2.24) is 25.9 Å². The SMILES string of the molecule is O=C(CCCn1nc(-c2ccc(F)cc2)ccc1=O)NC1CCC2CNNC2C1. The lowest BCUT2D eigenvalue weighted by Crippen LogP contribution is -2.45. The highest BCUT2D eigenvalue weighted by molar-refractivity contribution is 5.76. The third-order valence-electron chi connectivity index (χ3n) is 5.79. The van der Waals surface area contributed by atoms with Crippen LogP contribution in [0.1, 0.15) is 32.1 Å². The molecule has 29 heavy (non-hydrogen) atoms. The largest absolute Gasteiger partial charge is 0.353 e. The minimum atomic E-state index is -0.318. The summed E-state index contributed by atoms with van der Waals surface area (Å²) in [7, 11) is 0. The van der Waals surface area contributed by atoms with Gasteiger partial charge in [0, 0.05) is 43.2 Å². The Bertz CT molecular complexity index is 914. The number of carbonyl (C=O) groups is 1. The number of amides is 1. The van der Waals surface area contributed by atoms with Gasteiger partial charge < -0.3 is 5.32 Å². The first-order chi connectivity index (χ1) is 14.1. The van der Waals surface area contributed by atoms with E-state index in [1.807, 2.05) is 0 Å². The average molecular weight is 399 g/mol. The summed E-state index contributed by atoms with van der Waals surface area (Å²) in [4.78, 5) is 24.4. The molecule has 2 fully saturated rings. The highest BCUT2D eigenvalue weighted by Gasteiger charge is 2.34. The van der Waals surface area contributed by atoms with E-state index in [1.54, 1.807) is 18.2 Å². The van der Waals surface area contributed by atoms with Crippen LogP contribution in [0.5, 0.6) is 0 Å². The van der Waals surface area contributed by atoms with Crippen molar-refractivity contribution in [3.05, 3.63) is 52.6 Å². The number of hydrogen-bond donors (Lipinski definition) is 3. The Hall–Kier alpha value is -2.58. The molecule has 7 nitrogen and oxygen atoms in total. The van der Waals surface area contributed by atoms with Crippen molar-refractivity contribution in [2.24, 2.45) is 5.92 Å². The van der Waals surface area contributed by atoms with Gasteiger partial charge in [0.25, 0.3) is 5.56 Å². The topological polar surface area (TPSA) is 88.0 Å². The standard InChI is InChI=1S/C21H26FN5O2/c22-16-6-3-14(4-7-16)18-9-10-21(29)27(26-18)11-1-2-20(28)24-17-8-5-15-13-23-25-19(15)12-17/h3-4,6-7,9-10,15,17,19,23,25H,1-2,5,8,11-13H2,(H,24,28). The van der Waals surface area contributed by atoms with E-state index in [9.17, 15) is 14.0 Å². The van der Waals surface area contributed by atoms with Gasteiger partial charge >= 0.3 is 0 Å². The third-order valence-corrected chi connectivity index (χ3v) is 5.79. The molecule has 0 radical (unpaired) electrons. The van der Waals surface area contributed by atoms with Crippen LogP contribution in [0.4, 0.5) is 4.39 Å². The zero-order valence-electron chi connectivity index (χ0n) is 16.2. The Labute approximate surface area is 168 Å². The van der Waals surface area contributed by atoms with Gasteiger partial charge in [0.15, 0.2) is 0 Å². The lowest BCUT2D eigenvalue weighted by atomic mass is 9.83. The molecule has 3 atom stereocenters. The fourth-order valence-electron chi connectivity index (χ4n) is 4.18. The van der Waals surface area contributed by atoms with E-state index in [0.717, 1.165) is 31.4 Å². The van der Waals surface area contributed by atoms with E-state index in [-0.39, 0.29) is 23.3 Å². The van der Waals surface area contributed by atoms with Gasteiger partial charge in [-0.25, -0.2) is 9.07 Å². The Morgan fingerprint density at radius 1 is 1.21 bits per heavy atom. The monoisotopic (exact) mass is 399 g/mol. The zero-order chi connectivity index (χ0) is 20.2. The summed E-state index contributed by atoms with van der Waals surface area (Å²) in [5.41, 5.74) is 7.61. The summed E-state index contributed by atoms with van der Waals surface area (Å²) in [6.45, 7) is 1.37. The number of benzene rings is 1. The molecular formula is C21H26FN5O2. The molecule has 3 N–H and O–H groups in total. The number of rotatable bonds is 6. The van der Waals surface area contributed by atoms with Gasteiger partial charge in [-0.1, -0.05) is 0 Å². The minimum absolute atomic E-state index is 0.0159. The molecule has 1 amide bonds. The number of nitrogens with one attached hydrogen (secondary N) is 3. The average Bonchev–Trinajstić information content (AvgIpc) is 3.18. The van der Waals surface area contributed by atoms with Crippen molar-refractivity contribution in [3.8, 4) is 11.3 Å². The number of aromatic nitrogens is 2. The van der Waals surface area contributed by atoms with Gasteiger partial charge in [0.2, 0.25) is 5.91 Å². The van der Waals surface area contributed by atoms with Crippen LogP contribution in [0.25, 0.3) is 11.3 Å². The van der Waals surface area contributed by atoms with Crippen LogP contribution in [-0.2, 0) is 11.3 Å². The molecule has 2 aromatic rings. The lowest BCUT2D eigenvalue weighted by molar-refractivity contribution is -0.122. The van der Waals surface area contributed by atoms with Gasteiger partial charge in [0.1, 0.15) is 5.82 Å². The first-order valence-electron chi connectivity index (χ1n) is 10.2. The number of aryl methyl sites for hydroxylation is 1. The van der Waals surface area contributed by atoms with E-state index in [2.05, 4.69) is 21.3 Å². The minimum Gasteiger partial charge on any atom is -0.353 e. The maximum atomic E-state index is 13.1. The molecule has 8 heteroatoms. The Balaban J connectivity index is 1.28. The van der Waals surface area contributed by atoms with Crippen molar-refractivity contribution in [2.75, 3.05) is 6.54 Å². The van der Waals surface area contributed by atoms with E-state index in [4.69, 9.17) is 0 Å². The predicted octanol–water partition coefficient (Wildman–Crippen LogP) is 1.59. The third kappa shape index (κ3) is 4.89. The summed E-state index contributed by atoms with van der Waals surface area (Å²) in [5.74, 6) is 0.359. The fourth-order valence-corrected chi connectivity index (χ4v) is 4.18. The second-order valence-corrected chi connectivity index (χ2v) is 7.86. The van der Waals surface area contributed by atoms with Crippen molar-refractivity contribution >= 4 is 5.91 Å². The quantitative estimate of drug-likeness (QED) is 0.687. The smallest absolute Gasteiger partial charge is 0.266 e. The summed E-state index contributed by atoms with van der Waals surface area (Å²) in [5, 5.41) is 7.48. The molecule has 0 bridgehead atoms. The van der Waals surface area contributed by atoms with E-state index in [0.29, 0.717) is 37.0 Å². The molecule has 3 unspecified atom stereocenters. The van der Waals surface area contributed by atoms with Crippen LogP contribution in [0, 0.1) is 11.7 Å². The van der Waals surface area contributed by atoms with Crippen molar-refractivity contribution in [1.29, 1.82) is 0 Å².